The molecule has 0 saturated heterocycles. The summed E-state index contributed by atoms with van der Waals surface area (Å²) >= 11 is 0. The van der Waals surface area contributed by atoms with E-state index in [1.807, 2.05) is 12.1 Å². The first-order valence-electron chi connectivity index (χ1n) is 20.6. The third kappa shape index (κ3) is 7.19. The van der Waals surface area contributed by atoms with Crippen LogP contribution < -0.4 is 4.90 Å². The molecule has 8 aromatic rings. The van der Waals surface area contributed by atoms with Gasteiger partial charge in [-0.2, -0.15) is 0 Å². The van der Waals surface area contributed by atoms with Gasteiger partial charge in [0.05, 0.1) is 0 Å². The van der Waals surface area contributed by atoms with Crippen LogP contribution in [0.4, 0.5) is 17.1 Å². The Labute approximate surface area is 347 Å². The van der Waals surface area contributed by atoms with Gasteiger partial charge in [0.15, 0.2) is 0 Å². The highest BCUT2D eigenvalue weighted by molar-refractivity contribution is 6.05. The van der Waals surface area contributed by atoms with Gasteiger partial charge >= 0.3 is 0 Å². The molecule has 0 fully saturated rings. The number of rotatable bonds is 9. The second kappa shape index (κ2) is 15.3. The molecule has 2 nitrogen and oxygen atoms in total. The molecule has 1 aromatic heterocycles. The molecule has 0 spiro atoms. The van der Waals surface area contributed by atoms with Crippen LogP contribution in [0.5, 0.6) is 0 Å². The smallest absolute Gasteiger partial charge is 0.135 e. The highest BCUT2D eigenvalue weighted by atomic mass is 16.3. The Hall–Kier alpha value is -7.16. The zero-order valence-electron chi connectivity index (χ0n) is 33.4. The number of para-hydroxylation sites is 1. The summed E-state index contributed by atoms with van der Waals surface area (Å²) in [6.07, 6.45) is 23.1. The van der Waals surface area contributed by atoms with Gasteiger partial charge in [0, 0.05) is 33.2 Å². The second-order valence-electron chi connectivity index (χ2n) is 16.2. The van der Waals surface area contributed by atoms with E-state index < -0.39 is 0 Å². The topological polar surface area (TPSA) is 16.4 Å². The van der Waals surface area contributed by atoms with Crippen molar-refractivity contribution in [2.45, 2.75) is 25.7 Å². The molecule has 0 radical (unpaired) electrons. The Morgan fingerprint density at radius 3 is 1.78 bits per heavy atom. The van der Waals surface area contributed by atoms with Crippen molar-refractivity contribution < 1.29 is 4.42 Å². The Kier molecular flexibility index (Phi) is 9.39. The number of fused-ring (bicyclic) bond motifs is 6. The van der Waals surface area contributed by atoms with Crippen LogP contribution in [0, 0.1) is 5.92 Å². The van der Waals surface area contributed by atoms with E-state index in [0.717, 1.165) is 56.5 Å². The summed E-state index contributed by atoms with van der Waals surface area (Å²) in [4.78, 5) is 2.39. The lowest BCUT2D eigenvalue weighted by Gasteiger charge is -2.28. The molecule has 59 heavy (non-hydrogen) atoms. The molecular formula is C57H45NO. The summed E-state index contributed by atoms with van der Waals surface area (Å²) in [5.41, 5.74) is 16.2. The monoisotopic (exact) mass is 759 g/mol. The lowest BCUT2D eigenvalue weighted by molar-refractivity contribution is 0.660. The number of benzene rings is 7. The molecule has 1 heterocycles. The zero-order chi connectivity index (χ0) is 39.8. The first kappa shape index (κ1) is 36.2. The summed E-state index contributed by atoms with van der Waals surface area (Å²) in [7, 11) is 0. The summed E-state index contributed by atoms with van der Waals surface area (Å²) in [6.45, 7) is 4.73. The first-order valence-corrected chi connectivity index (χ1v) is 20.6. The molecule has 2 aliphatic rings. The van der Waals surface area contributed by atoms with Crippen LogP contribution in [0.15, 0.2) is 193 Å². The van der Waals surface area contributed by atoms with Crippen LogP contribution in [0.1, 0.15) is 59.2 Å². The minimum absolute atomic E-state index is 0.166. The first-order chi connectivity index (χ1) is 29.0. The lowest BCUT2D eigenvalue weighted by atomic mass is 9.81. The molecule has 0 aliphatic heterocycles. The van der Waals surface area contributed by atoms with E-state index in [-0.39, 0.29) is 5.41 Å². The Bertz CT molecular complexity index is 2970. The predicted molar refractivity (Wildman–Crippen MR) is 252 cm³/mol. The van der Waals surface area contributed by atoms with E-state index in [1.54, 1.807) is 0 Å². The van der Waals surface area contributed by atoms with Crippen LogP contribution in [-0.4, -0.2) is 0 Å². The fourth-order valence-electron chi connectivity index (χ4n) is 8.68. The average Bonchev–Trinajstić information content (AvgIpc) is 3.76. The molecule has 0 amide bonds. The number of hydrogen-bond donors (Lipinski definition) is 0. The van der Waals surface area contributed by atoms with Gasteiger partial charge in [-0.25, -0.2) is 0 Å². The maximum absolute atomic E-state index is 6.06. The molecule has 0 saturated carbocycles. The van der Waals surface area contributed by atoms with Crippen LogP contribution in [-0.2, 0) is 5.41 Å². The molecule has 0 bridgehead atoms. The summed E-state index contributed by atoms with van der Waals surface area (Å²) < 4.78 is 6.06. The zero-order valence-corrected chi connectivity index (χ0v) is 33.4. The number of hydrogen-bond acceptors (Lipinski definition) is 2. The molecule has 284 valence electrons. The molecule has 2 heteroatoms. The molecule has 2 aliphatic carbocycles. The highest BCUT2D eigenvalue weighted by Gasteiger charge is 2.36. The largest absolute Gasteiger partial charge is 0.456 e. The Balaban J connectivity index is 0.973. The fourth-order valence-corrected chi connectivity index (χ4v) is 8.68. The van der Waals surface area contributed by atoms with Crippen molar-refractivity contribution in [3.05, 3.63) is 227 Å². The average molecular weight is 760 g/mol. The number of furan rings is 1. The molecular weight excluding hydrogens is 715 g/mol. The van der Waals surface area contributed by atoms with Gasteiger partial charge in [-0.3, -0.25) is 0 Å². The van der Waals surface area contributed by atoms with Gasteiger partial charge < -0.3 is 9.32 Å². The van der Waals surface area contributed by atoms with Gasteiger partial charge in [-0.1, -0.05) is 178 Å². The molecule has 1 unspecified atom stereocenters. The van der Waals surface area contributed by atoms with E-state index in [0.29, 0.717) is 5.92 Å². The van der Waals surface area contributed by atoms with Crippen molar-refractivity contribution in [1.29, 1.82) is 0 Å². The Morgan fingerprint density at radius 1 is 0.492 bits per heavy atom. The van der Waals surface area contributed by atoms with Gasteiger partial charge in [0.25, 0.3) is 0 Å². The van der Waals surface area contributed by atoms with Crippen molar-refractivity contribution in [3.63, 3.8) is 0 Å². The number of anilines is 3. The normalized spacial score (nSPS) is 15.5. The van der Waals surface area contributed by atoms with Crippen LogP contribution in [0.2, 0.25) is 0 Å². The molecule has 1 atom stereocenters. The number of allylic oxidation sites excluding steroid dienone is 5. The maximum atomic E-state index is 6.06. The second-order valence-corrected chi connectivity index (χ2v) is 16.2. The van der Waals surface area contributed by atoms with Gasteiger partial charge in [-0.15, -0.1) is 0 Å². The van der Waals surface area contributed by atoms with E-state index in [4.69, 9.17) is 4.42 Å². The number of nitrogens with zero attached hydrogens (tertiary/aromatic N) is 1. The minimum Gasteiger partial charge on any atom is -0.456 e. The summed E-state index contributed by atoms with van der Waals surface area (Å²) in [6, 6.07) is 57.0. The van der Waals surface area contributed by atoms with Crippen molar-refractivity contribution in [2.75, 3.05) is 4.90 Å². The highest BCUT2D eigenvalue weighted by Crippen LogP contribution is 2.51. The lowest BCUT2D eigenvalue weighted by Crippen LogP contribution is -2.16. The maximum Gasteiger partial charge on any atom is 0.135 e. The van der Waals surface area contributed by atoms with Crippen molar-refractivity contribution >= 4 is 69.4 Å². The van der Waals surface area contributed by atoms with Gasteiger partial charge in [0.1, 0.15) is 11.2 Å². The Morgan fingerprint density at radius 2 is 1.05 bits per heavy atom. The van der Waals surface area contributed by atoms with Crippen molar-refractivity contribution in [2.24, 2.45) is 5.92 Å². The minimum atomic E-state index is -0.166. The standard InChI is InChI=1S/C57H45NO/c1-57(2)53-38-45(22-19-41-13-7-4-8-14-41)27-34-49(53)50-35-33-48(39-54(50)57)58(46-29-23-42(24-30-46)18-17-40-11-5-3-6-12-40)47-31-25-43(26-32-47)20-21-44-28-36-56-52(37-44)51-15-9-10-16-55(51)59-56/h3-11,13-40H,12H2,1-2H3/b18-17+,21-20+,22-19+. The van der Waals surface area contributed by atoms with Crippen LogP contribution in [0.3, 0.4) is 0 Å². The molecule has 7 aromatic carbocycles. The van der Waals surface area contributed by atoms with E-state index in [2.05, 4.69) is 225 Å². The quantitative estimate of drug-likeness (QED) is 0.136. The van der Waals surface area contributed by atoms with Gasteiger partial charge in [0.2, 0.25) is 0 Å². The SMILES string of the molecule is CC1(C)c2cc(/C=C/c3ccccc3)ccc2-c2ccc(N(c3ccc(/C=C/c4ccc5oc6ccccc6c5c4)cc3)c3ccc(/C=C/C4C=CC=CC4)cc3)cc21. The molecule has 10 rings (SSSR count). The van der Waals surface area contributed by atoms with E-state index >= 15 is 0 Å². The third-order valence-corrected chi connectivity index (χ3v) is 11.9. The van der Waals surface area contributed by atoms with Gasteiger partial charge in [-0.05, 0) is 117 Å². The van der Waals surface area contributed by atoms with E-state index in [1.165, 1.54) is 38.9 Å². The summed E-state index contributed by atoms with van der Waals surface area (Å²) in [5, 5.41) is 2.28. The predicted octanol–water partition coefficient (Wildman–Crippen LogP) is 15.8. The molecule has 0 N–H and O–H groups in total. The third-order valence-electron chi connectivity index (χ3n) is 11.9. The van der Waals surface area contributed by atoms with Crippen LogP contribution >= 0.6 is 0 Å². The van der Waals surface area contributed by atoms with Crippen molar-refractivity contribution in [1.82, 2.24) is 0 Å². The summed E-state index contributed by atoms with van der Waals surface area (Å²) in [5.74, 6) is 0.437. The van der Waals surface area contributed by atoms with Crippen molar-refractivity contribution in [3.8, 4) is 11.1 Å². The fraction of sp³-hybridized carbons (Fsp3) is 0.0877. The van der Waals surface area contributed by atoms with E-state index in [9.17, 15) is 0 Å². The van der Waals surface area contributed by atoms with Crippen LogP contribution in [0.25, 0.3) is 63.4 Å².